The van der Waals surface area contributed by atoms with Crippen LogP contribution in [0.1, 0.15) is 0 Å². The van der Waals surface area contributed by atoms with E-state index in [9.17, 15) is 4.39 Å². The van der Waals surface area contributed by atoms with Crippen molar-refractivity contribution in [1.82, 2.24) is 9.78 Å². The van der Waals surface area contributed by atoms with Gasteiger partial charge in [0.25, 0.3) is 0 Å². The lowest BCUT2D eigenvalue weighted by Crippen LogP contribution is -2.08. The number of hydrogen-bond donors (Lipinski definition) is 1. The summed E-state index contributed by atoms with van der Waals surface area (Å²) < 4.78 is 19.9. The molecule has 0 spiro atoms. The Hall–Kier alpha value is -1.75. The highest BCUT2D eigenvalue weighted by molar-refractivity contribution is 6.30. The molecule has 0 aliphatic carbocycles. The van der Waals surface area contributed by atoms with Crippen LogP contribution in [0.25, 0.3) is 0 Å². The maximum atomic E-state index is 12.9. The van der Waals surface area contributed by atoms with E-state index < -0.39 is 5.82 Å². The molecule has 6 heteroatoms. The van der Waals surface area contributed by atoms with Crippen LogP contribution < -0.4 is 10.5 Å². The van der Waals surface area contributed by atoms with Crippen molar-refractivity contribution in [3.63, 3.8) is 0 Å². The minimum atomic E-state index is -0.459. The van der Waals surface area contributed by atoms with Gasteiger partial charge in [0.2, 0.25) is 0 Å². The number of halogens is 2. The molecular formula is C11H11ClFN3O. The molecule has 2 rings (SSSR count). The fraction of sp³-hybridized carbons (Fsp3) is 0.182. The van der Waals surface area contributed by atoms with Crippen molar-refractivity contribution in [3.8, 4) is 5.75 Å². The Balaban J connectivity index is 1.87. The summed E-state index contributed by atoms with van der Waals surface area (Å²) in [5, 5.41) is 4.05. The van der Waals surface area contributed by atoms with Gasteiger partial charge in [-0.2, -0.15) is 5.10 Å². The number of rotatable bonds is 4. The molecule has 2 aromatic rings. The Morgan fingerprint density at radius 2 is 2.29 bits per heavy atom. The summed E-state index contributed by atoms with van der Waals surface area (Å²) in [6.07, 6.45) is 3.27. The maximum absolute atomic E-state index is 12.9. The second-order valence-corrected chi connectivity index (χ2v) is 3.87. The first-order valence-corrected chi connectivity index (χ1v) is 5.39. The van der Waals surface area contributed by atoms with E-state index in [1.807, 2.05) is 0 Å². The third-order valence-corrected chi connectivity index (χ3v) is 2.42. The van der Waals surface area contributed by atoms with Crippen LogP contribution in [0.5, 0.6) is 5.75 Å². The van der Waals surface area contributed by atoms with E-state index in [4.69, 9.17) is 22.1 Å². The predicted octanol–water partition coefficient (Wildman–Crippen LogP) is 2.34. The van der Waals surface area contributed by atoms with Crippen LogP contribution in [0.2, 0.25) is 5.02 Å². The number of anilines is 1. The van der Waals surface area contributed by atoms with Crippen molar-refractivity contribution >= 4 is 17.3 Å². The molecule has 0 radical (unpaired) electrons. The maximum Gasteiger partial charge on any atom is 0.142 e. The molecule has 0 saturated carbocycles. The molecule has 4 nitrogen and oxygen atoms in total. The second kappa shape index (κ2) is 5.05. The quantitative estimate of drug-likeness (QED) is 0.912. The molecule has 1 heterocycles. The molecule has 0 saturated heterocycles. The van der Waals surface area contributed by atoms with Crippen molar-refractivity contribution in [1.29, 1.82) is 0 Å². The molecule has 0 bridgehead atoms. The summed E-state index contributed by atoms with van der Waals surface area (Å²) >= 11 is 5.62. The summed E-state index contributed by atoms with van der Waals surface area (Å²) in [5.74, 6) is 0.0652. The van der Waals surface area contributed by atoms with Gasteiger partial charge in [-0.3, -0.25) is 4.68 Å². The normalized spacial score (nSPS) is 10.5. The van der Waals surface area contributed by atoms with E-state index in [0.29, 0.717) is 24.6 Å². The largest absolute Gasteiger partial charge is 0.492 e. The number of benzene rings is 1. The average Bonchev–Trinajstić information content (AvgIpc) is 2.70. The molecule has 0 aliphatic rings. The fourth-order valence-corrected chi connectivity index (χ4v) is 1.50. The standard InChI is InChI=1S/C11H11ClFN3O/c12-10-5-9(1-2-11(10)13)17-4-3-16-7-8(14)6-15-16/h1-2,5-7H,3-4,14H2. The van der Waals surface area contributed by atoms with Gasteiger partial charge in [0.15, 0.2) is 0 Å². The minimum absolute atomic E-state index is 0.0471. The van der Waals surface area contributed by atoms with Gasteiger partial charge in [-0.25, -0.2) is 4.39 Å². The molecule has 0 atom stereocenters. The molecule has 1 aromatic heterocycles. The number of nitrogens with zero attached hydrogens (tertiary/aromatic N) is 2. The molecule has 17 heavy (non-hydrogen) atoms. The summed E-state index contributed by atoms with van der Waals surface area (Å²) in [4.78, 5) is 0. The summed E-state index contributed by atoms with van der Waals surface area (Å²) in [7, 11) is 0. The number of nitrogens with two attached hydrogens (primary N) is 1. The zero-order chi connectivity index (χ0) is 12.3. The minimum Gasteiger partial charge on any atom is -0.492 e. The third kappa shape index (κ3) is 3.10. The van der Waals surface area contributed by atoms with E-state index in [1.165, 1.54) is 18.2 Å². The first-order chi connectivity index (χ1) is 8.15. The van der Waals surface area contributed by atoms with Crippen LogP contribution in [0.15, 0.2) is 30.6 Å². The third-order valence-electron chi connectivity index (χ3n) is 2.13. The Morgan fingerprint density at radius 3 is 2.94 bits per heavy atom. The highest BCUT2D eigenvalue weighted by Crippen LogP contribution is 2.20. The van der Waals surface area contributed by atoms with E-state index in [-0.39, 0.29) is 5.02 Å². The van der Waals surface area contributed by atoms with Crippen molar-refractivity contribution in [2.75, 3.05) is 12.3 Å². The fourth-order valence-electron chi connectivity index (χ4n) is 1.33. The zero-order valence-electron chi connectivity index (χ0n) is 8.94. The Bertz CT molecular complexity index is 515. The smallest absolute Gasteiger partial charge is 0.142 e. The van der Waals surface area contributed by atoms with Gasteiger partial charge in [0.05, 0.1) is 23.5 Å². The average molecular weight is 256 g/mol. The van der Waals surface area contributed by atoms with Gasteiger partial charge in [-0.15, -0.1) is 0 Å². The van der Waals surface area contributed by atoms with Crippen LogP contribution in [0.3, 0.4) is 0 Å². The molecule has 2 N–H and O–H groups in total. The van der Waals surface area contributed by atoms with E-state index in [0.717, 1.165) is 0 Å². The van der Waals surface area contributed by atoms with Crippen LogP contribution in [0, 0.1) is 5.82 Å². The van der Waals surface area contributed by atoms with Gasteiger partial charge < -0.3 is 10.5 Å². The van der Waals surface area contributed by atoms with Crippen LogP contribution in [0.4, 0.5) is 10.1 Å². The van der Waals surface area contributed by atoms with E-state index in [2.05, 4.69) is 5.10 Å². The van der Waals surface area contributed by atoms with Crippen LogP contribution >= 0.6 is 11.6 Å². The molecule has 0 amide bonds. The lowest BCUT2D eigenvalue weighted by molar-refractivity contribution is 0.291. The van der Waals surface area contributed by atoms with E-state index >= 15 is 0 Å². The molecule has 0 unspecified atom stereocenters. The molecule has 0 fully saturated rings. The summed E-state index contributed by atoms with van der Waals surface area (Å²) in [6, 6.07) is 4.23. The first kappa shape index (κ1) is 11.7. The number of aromatic nitrogens is 2. The SMILES string of the molecule is Nc1cnn(CCOc2ccc(F)c(Cl)c2)c1. The Kier molecular flexibility index (Phi) is 3.49. The topological polar surface area (TPSA) is 53.1 Å². The van der Waals surface area contributed by atoms with Crippen molar-refractivity contribution in [3.05, 3.63) is 41.4 Å². The number of nitrogen functional groups attached to an aromatic ring is 1. The number of ether oxygens (including phenoxy) is 1. The second-order valence-electron chi connectivity index (χ2n) is 3.46. The van der Waals surface area contributed by atoms with Crippen LogP contribution in [-0.4, -0.2) is 16.4 Å². The Morgan fingerprint density at radius 1 is 1.47 bits per heavy atom. The first-order valence-electron chi connectivity index (χ1n) is 5.01. The summed E-state index contributed by atoms with van der Waals surface area (Å²) in [5.41, 5.74) is 6.12. The Labute approximate surface area is 103 Å². The van der Waals surface area contributed by atoms with Crippen molar-refractivity contribution in [2.45, 2.75) is 6.54 Å². The van der Waals surface area contributed by atoms with Gasteiger partial charge in [0.1, 0.15) is 18.2 Å². The molecule has 90 valence electrons. The van der Waals surface area contributed by atoms with Gasteiger partial charge in [-0.05, 0) is 12.1 Å². The highest BCUT2D eigenvalue weighted by atomic mass is 35.5. The highest BCUT2D eigenvalue weighted by Gasteiger charge is 2.01. The van der Waals surface area contributed by atoms with Gasteiger partial charge in [0, 0.05) is 12.3 Å². The van der Waals surface area contributed by atoms with Crippen LogP contribution in [-0.2, 0) is 6.54 Å². The van der Waals surface area contributed by atoms with E-state index in [1.54, 1.807) is 17.1 Å². The predicted molar refractivity (Wildman–Crippen MR) is 63.5 cm³/mol. The van der Waals surface area contributed by atoms with Gasteiger partial charge in [-0.1, -0.05) is 11.6 Å². The van der Waals surface area contributed by atoms with Crippen molar-refractivity contribution < 1.29 is 9.13 Å². The molecule has 0 aliphatic heterocycles. The lowest BCUT2D eigenvalue weighted by atomic mass is 10.3. The zero-order valence-corrected chi connectivity index (χ0v) is 9.69. The molecular weight excluding hydrogens is 245 g/mol. The number of hydrogen-bond acceptors (Lipinski definition) is 3. The van der Waals surface area contributed by atoms with Crippen molar-refractivity contribution in [2.24, 2.45) is 0 Å². The summed E-state index contributed by atoms with van der Waals surface area (Å²) in [6.45, 7) is 0.968. The molecule has 1 aromatic carbocycles. The lowest BCUT2D eigenvalue weighted by Gasteiger charge is -2.06. The monoisotopic (exact) mass is 255 g/mol. The van der Waals surface area contributed by atoms with Gasteiger partial charge >= 0.3 is 0 Å².